The van der Waals surface area contributed by atoms with E-state index in [1.807, 2.05) is 12.1 Å². The monoisotopic (exact) mass is 263 g/mol. The second-order valence-corrected chi connectivity index (χ2v) is 3.87. The fourth-order valence-electron chi connectivity index (χ4n) is 1.59. The van der Waals surface area contributed by atoms with Crippen LogP contribution in [0.1, 0.15) is 5.56 Å². The van der Waals surface area contributed by atoms with Gasteiger partial charge in [-0.15, -0.1) is 0 Å². The number of anilines is 1. The fraction of sp³-hybridized carbons (Fsp3) is 0.143. The van der Waals surface area contributed by atoms with Crippen molar-refractivity contribution in [2.45, 2.75) is 6.61 Å². The summed E-state index contributed by atoms with van der Waals surface area (Å²) in [5, 5.41) is 8.73. The minimum Gasteiger partial charge on any atom is -0.497 e. The van der Waals surface area contributed by atoms with E-state index in [0.29, 0.717) is 0 Å². The number of methoxy groups -OCH3 is 1. The molecule has 2 N–H and O–H groups in total. The molecule has 0 saturated heterocycles. The highest BCUT2D eigenvalue weighted by Gasteiger charge is 2.08. The standard InChI is InChI=1S/C14H14FNO3/c1-18-11-7-5-10(6-8-11)9-19-13-4-2-3-12(16-17)14(13)15/h2-8,16-17H,9H2,1H3. The number of halogens is 1. The fourth-order valence-corrected chi connectivity index (χ4v) is 1.59. The van der Waals surface area contributed by atoms with E-state index in [1.165, 1.54) is 12.1 Å². The Balaban J connectivity index is 2.05. The molecular formula is C14H14FNO3. The number of ether oxygens (including phenoxy) is 2. The lowest BCUT2D eigenvalue weighted by Gasteiger charge is -2.09. The molecule has 0 heterocycles. The van der Waals surface area contributed by atoms with E-state index in [2.05, 4.69) is 0 Å². The van der Waals surface area contributed by atoms with Gasteiger partial charge in [-0.3, -0.25) is 10.7 Å². The van der Waals surface area contributed by atoms with Gasteiger partial charge in [-0.2, -0.15) is 0 Å². The van der Waals surface area contributed by atoms with Gasteiger partial charge in [0, 0.05) is 0 Å². The molecule has 19 heavy (non-hydrogen) atoms. The van der Waals surface area contributed by atoms with Gasteiger partial charge in [0.2, 0.25) is 0 Å². The van der Waals surface area contributed by atoms with Crippen molar-refractivity contribution < 1.29 is 19.1 Å². The third-order valence-corrected chi connectivity index (χ3v) is 2.64. The zero-order valence-electron chi connectivity index (χ0n) is 10.4. The van der Waals surface area contributed by atoms with Crippen molar-refractivity contribution in [3.63, 3.8) is 0 Å². The van der Waals surface area contributed by atoms with Crippen LogP contribution in [-0.2, 0) is 6.61 Å². The molecule has 0 aliphatic carbocycles. The van der Waals surface area contributed by atoms with Crippen molar-refractivity contribution in [2.75, 3.05) is 12.6 Å². The summed E-state index contributed by atoms with van der Waals surface area (Å²) in [6.45, 7) is 0.232. The molecule has 5 heteroatoms. The van der Waals surface area contributed by atoms with Gasteiger partial charge in [0.1, 0.15) is 12.4 Å². The van der Waals surface area contributed by atoms with Crippen LogP contribution in [0, 0.1) is 5.82 Å². The number of nitrogens with one attached hydrogen (secondary N) is 1. The molecule has 0 aliphatic rings. The smallest absolute Gasteiger partial charge is 0.190 e. The Labute approximate surface area is 110 Å². The summed E-state index contributed by atoms with van der Waals surface area (Å²) in [5.74, 6) is 0.204. The highest BCUT2D eigenvalue weighted by atomic mass is 19.1. The molecule has 0 atom stereocenters. The summed E-state index contributed by atoms with van der Waals surface area (Å²) < 4.78 is 24.1. The average Bonchev–Trinajstić information content (AvgIpc) is 2.47. The Morgan fingerprint density at radius 1 is 1.16 bits per heavy atom. The molecule has 0 bridgehead atoms. The zero-order valence-corrected chi connectivity index (χ0v) is 10.4. The Hall–Kier alpha value is -2.27. The van der Waals surface area contributed by atoms with Gasteiger partial charge in [0.05, 0.1) is 12.8 Å². The van der Waals surface area contributed by atoms with Crippen molar-refractivity contribution in [1.82, 2.24) is 0 Å². The molecule has 2 rings (SSSR count). The van der Waals surface area contributed by atoms with Gasteiger partial charge >= 0.3 is 0 Å². The maximum absolute atomic E-state index is 13.7. The van der Waals surface area contributed by atoms with Gasteiger partial charge in [-0.05, 0) is 29.8 Å². The van der Waals surface area contributed by atoms with E-state index in [1.54, 1.807) is 30.8 Å². The molecule has 0 aromatic heterocycles. The number of rotatable bonds is 5. The van der Waals surface area contributed by atoms with Crippen LogP contribution < -0.4 is 15.0 Å². The van der Waals surface area contributed by atoms with Crippen LogP contribution in [0.5, 0.6) is 11.5 Å². The third-order valence-electron chi connectivity index (χ3n) is 2.64. The van der Waals surface area contributed by atoms with E-state index in [9.17, 15) is 4.39 Å². The molecular weight excluding hydrogens is 249 g/mol. The molecule has 100 valence electrons. The third kappa shape index (κ3) is 3.14. The molecule has 0 radical (unpaired) electrons. The maximum Gasteiger partial charge on any atom is 0.190 e. The SMILES string of the molecule is COc1ccc(COc2cccc(NO)c2F)cc1. The molecule has 4 nitrogen and oxygen atoms in total. The van der Waals surface area contributed by atoms with Crippen molar-refractivity contribution in [3.8, 4) is 11.5 Å². The first-order valence-corrected chi connectivity index (χ1v) is 5.69. The first kappa shape index (κ1) is 13.2. The zero-order chi connectivity index (χ0) is 13.7. The van der Waals surface area contributed by atoms with Crippen LogP contribution in [0.4, 0.5) is 10.1 Å². The van der Waals surface area contributed by atoms with E-state index in [0.717, 1.165) is 11.3 Å². The van der Waals surface area contributed by atoms with Crippen LogP contribution in [-0.4, -0.2) is 12.3 Å². The predicted molar refractivity (Wildman–Crippen MR) is 69.1 cm³/mol. The van der Waals surface area contributed by atoms with E-state index in [-0.39, 0.29) is 18.0 Å². The second kappa shape index (κ2) is 6.06. The summed E-state index contributed by atoms with van der Waals surface area (Å²) in [6, 6.07) is 11.8. The molecule has 0 aliphatic heterocycles. The van der Waals surface area contributed by atoms with E-state index < -0.39 is 5.82 Å². The van der Waals surface area contributed by atoms with Gasteiger partial charge in [-0.25, -0.2) is 4.39 Å². The second-order valence-electron chi connectivity index (χ2n) is 3.87. The Bertz CT molecular complexity index is 543. The van der Waals surface area contributed by atoms with Gasteiger partial charge in [0.15, 0.2) is 11.6 Å². The first-order valence-electron chi connectivity index (χ1n) is 5.69. The molecule has 2 aromatic carbocycles. The Morgan fingerprint density at radius 3 is 2.53 bits per heavy atom. The lowest BCUT2D eigenvalue weighted by molar-refractivity contribution is 0.289. The molecule has 0 amide bonds. The van der Waals surface area contributed by atoms with E-state index in [4.69, 9.17) is 14.7 Å². The lowest BCUT2D eigenvalue weighted by Crippen LogP contribution is -2.00. The van der Waals surface area contributed by atoms with Crippen LogP contribution >= 0.6 is 0 Å². The Kier molecular flexibility index (Phi) is 4.20. The number of hydrogen-bond acceptors (Lipinski definition) is 4. The highest BCUT2D eigenvalue weighted by Crippen LogP contribution is 2.24. The minimum absolute atomic E-state index is 0.0211. The molecule has 2 aromatic rings. The van der Waals surface area contributed by atoms with Crippen molar-refractivity contribution in [1.29, 1.82) is 0 Å². The van der Waals surface area contributed by atoms with Crippen LogP contribution in [0.3, 0.4) is 0 Å². The van der Waals surface area contributed by atoms with Gasteiger partial charge < -0.3 is 9.47 Å². The maximum atomic E-state index is 13.7. The molecule has 0 spiro atoms. The number of benzene rings is 2. The summed E-state index contributed by atoms with van der Waals surface area (Å²) in [5.41, 5.74) is 2.65. The summed E-state index contributed by atoms with van der Waals surface area (Å²) >= 11 is 0. The van der Waals surface area contributed by atoms with Crippen molar-refractivity contribution in [2.24, 2.45) is 0 Å². The quantitative estimate of drug-likeness (QED) is 0.813. The van der Waals surface area contributed by atoms with Gasteiger partial charge in [-0.1, -0.05) is 18.2 Å². The minimum atomic E-state index is -0.626. The normalized spacial score (nSPS) is 10.1. The molecule has 0 unspecified atom stereocenters. The topological polar surface area (TPSA) is 50.7 Å². The van der Waals surface area contributed by atoms with Crippen molar-refractivity contribution in [3.05, 3.63) is 53.8 Å². The van der Waals surface area contributed by atoms with Crippen LogP contribution in [0.15, 0.2) is 42.5 Å². The summed E-state index contributed by atoms with van der Waals surface area (Å²) in [7, 11) is 1.59. The highest BCUT2D eigenvalue weighted by molar-refractivity contribution is 5.48. The van der Waals surface area contributed by atoms with Gasteiger partial charge in [0.25, 0.3) is 0 Å². The van der Waals surface area contributed by atoms with Crippen molar-refractivity contribution >= 4 is 5.69 Å². The largest absolute Gasteiger partial charge is 0.497 e. The molecule has 0 fully saturated rings. The molecule has 0 saturated carbocycles. The summed E-state index contributed by atoms with van der Waals surface area (Å²) in [6.07, 6.45) is 0. The average molecular weight is 263 g/mol. The Morgan fingerprint density at radius 2 is 1.89 bits per heavy atom. The predicted octanol–water partition coefficient (Wildman–Crippen LogP) is 3.21. The first-order chi connectivity index (χ1) is 9.24. The van der Waals surface area contributed by atoms with Crippen LogP contribution in [0.25, 0.3) is 0 Å². The van der Waals surface area contributed by atoms with Crippen LogP contribution in [0.2, 0.25) is 0 Å². The summed E-state index contributed by atoms with van der Waals surface area (Å²) in [4.78, 5) is 0. The number of hydrogen-bond donors (Lipinski definition) is 2. The lowest BCUT2D eigenvalue weighted by atomic mass is 10.2. The van der Waals surface area contributed by atoms with E-state index >= 15 is 0 Å².